The SMILES string of the molecule is C=C(NC(=O)C(F)(F)F)c1ccc(C(F)(F)F)cc1. The van der Waals surface area contributed by atoms with E-state index < -0.39 is 29.5 Å². The van der Waals surface area contributed by atoms with Gasteiger partial charge in [-0.25, -0.2) is 0 Å². The summed E-state index contributed by atoms with van der Waals surface area (Å²) in [6.07, 6.45) is -9.63. The van der Waals surface area contributed by atoms with Crippen LogP contribution in [-0.4, -0.2) is 12.1 Å². The predicted molar refractivity (Wildman–Crippen MR) is 54.7 cm³/mol. The van der Waals surface area contributed by atoms with Gasteiger partial charge in [0.05, 0.1) is 5.56 Å². The van der Waals surface area contributed by atoms with E-state index in [0.29, 0.717) is 12.1 Å². The predicted octanol–water partition coefficient (Wildman–Crippen LogP) is 3.35. The Kier molecular flexibility index (Phi) is 3.92. The Bertz CT molecular complexity index is 485. The van der Waals surface area contributed by atoms with Crippen LogP contribution >= 0.6 is 0 Å². The molecule has 0 spiro atoms. The number of nitrogens with one attached hydrogen (secondary N) is 1. The molecule has 0 aliphatic heterocycles. The van der Waals surface area contributed by atoms with Gasteiger partial charge in [-0.1, -0.05) is 18.7 Å². The Balaban J connectivity index is 2.83. The van der Waals surface area contributed by atoms with Crippen LogP contribution < -0.4 is 5.32 Å². The number of halogens is 6. The van der Waals surface area contributed by atoms with Crippen molar-refractivity contribution in [1.29, 1.82) is 0 Å². The number of carbonyl (C=O) groups is 1. The highest BCUT2D eigenvalue weighted by molar-refractivity contribution is 5.89. The standard InChI is InChI=1S/C11H7F6NO/c1-6(18-9(19)11(15,16)17)7-2-4-8(5-3-7)10(12,13)14/h2-5H,1H2,(H,18,19). The molecule has 0 bridgehead atoms. The second-order valence-electron chi connectivity index (χ2n) is 3.51. The molecule has 1 rings (SSSR count). The van der Waals surface area contributed by atoms with Crippen LogP contribution in [0.25, 0.3) is 5.70 Å². The number of hydrogen-bond donors (Lipinski definition) is 1. The summed E-state index contributed by atoms with van der Waals surface area (Å²) >= 11 is 0. The molecule has 0 aliphatic carbocycles. The average molecular weight is 283 g/mol. The summed E-state index contributed by atoms with van der Waals surface area (Å²) in [5, 5.41) is 1.45. The van der Waals surface area contributed by atoms with Crippen molar-refractivity contribution in [2.45, 2.75) is 12.4 Å². The van der Waals surface area contributed by atoms with Crippen molar-refractivity contribution in [1.82, 2.24) is 5.32 Å². The monoisotopic (exact) mass is 283 g/mol. The fourth-order valence-electron chi connectivity index (χ4n) is 1.14. The van der Waals surface area contributed by atoms with Gasteiger partial charge in [-0.2, -0.15) is 26.3 Å². The molecule has 0 heterocycles. The lowest BCUT2D eigenvalue weighted by molar-refractivity contribution is -0.172. The van der Waals surface area contributed by atoms with E-state index in [1.807, 2.05) is 0 Å². The highest BCUT2D eigenvalue weighted by Gasteiger charge is 2.39. The third-order valence-corrected chi connectivity index (χ3v) is 2.08. The lowest BCUT2D eigenvalue weighted by atomic mass is 10.1. The van der Waals surface area contributed by atoms with E-state index in [1.54, 1.807) is 0 Å². The lowest BCUT2D eigenvalue weighted by Gasteiger charge is -2.11. The first-order valence-corrected chi connectivity index (χ1v) is 4.76. The third kappa shape index (κ3) is 4.01. The minimum absolute atomic E-state index is 0.0504. The average Bonchev–Trinajstić information content (AvgIpc) is 2.26. The quantitative estimate of drug-likeness (QED) is 0.828. The van der Waals surface area contributed by atoms with E-state index in [1.165, 1.54) is 5.32 Å². The normalized spacial score (nSPS) is 12.1. The number of hydrogen-bond acceptors (Lipinski definition) is 1. The maximum Gasteiger partial charge on any atom is 0.471 e. The molecule has 1 N–H and O–H groups in total. The van der Waals surface area contributed by atoms with E-state index in [-0.39, 0.29) is 5.56 Å². The zero-order valence-electron chi connectivity index (χ0n) is 9.19. The van der Waals surface area contributed by atoms with Gasteiger partial charge in [0.25, 0.3) is 0 Å². The summed E-state index contributed by atoms with van der Waals surface area (Å²) < 4.78 is 72.6. The summed E-state index contributed by atoms with van der Waals surface area (Å²) in [4.78, 5) is 10.6. The Hall–Kier alpha value is -1.99. The summed E-state index contributed by atoms with van der Waals surface area (Å²) in [6, 6.07) is 3.20. The molecule has 0 atom stereocenters. The van der Waals surface area contributed by atoms with Crippen molar-refractivity contribution in [3.8, 4) is 0 Å². The minimum atomic E-state index is -5.09. The van der Waals surface area contributed by atoms with E-state index in [9.17, 15) is 31.1 Å². The molecule has 0 saturated carbocycles. The van der Waals surface area contributed by atoms with E-state index >= 15 is 0 Å². The summed E-state index contributed by atoms with van der Waals surface area (Å²) in [6.45, 7) is 3.16. The van der Waals surface area contributed by atoms with Gasteiger partial charge in [-0.3, -0.25) is 4.79 Å². The summed E-state index contributed by atoms with van der Waals surface area (Å²) in [5.41, 5.74) is -1.44. The number of carbonyl (C=O) groups excluding carboxylic acids is 1. The molecule has 2 nitrogen and oxygen atoms in total. The molecule has 1 aromatic carbocycles. The number of rotatable bonds is 2. The molecule has 104 valence electrons. The molecular formula is C11H7F6NO. The minimum Gasteiger partial charge on any atom is -0.318 e. The molecule has 0 radical (unpaired) electrons. The molecule has 1 amide bonds. The highest BCUT2D eigenvalue weighted by Crippen LogP contribution is 2.29. The van der Waals surface area contributed by atoms with Gasteiger partial charge in [-0.15, -0.1) is 0 Å². The largest absolute Gasteiger partial charge is 0.471 e. The topological polar surface area (TPSA) is 29.1 Å². The van der Waals surface area contributed by atoms with Gasteiger partial charge in [0.2, 0.25) is 0 Å². The Morgan fingerprint density at radius 2 is 1.47 bits per heavy atom. The van der Waals surface area contributed by atoms with Gasteiger partial charge >= 0.3 is 18.3 Å². The van der Waals surface area contributed by atoms with Gasteiger partial charge < -0.3 is 5.32 Å². The molecule has 0 unspecified atom stereocenters. The molecule has 0 aliphatic rings. The lowest BCUT2D eigenvalue weighted by Crippen LogP contribution is -2.35. The molecule has 19 heavy (non-hydrogen) atoms. The molecular weight excluding hydrogens is 276 g/mol. The highest BCUT2D eigenvalue weighted by atomic mass is 19.4. The fraction of sp³-hybridized carbons (Fsp3) is 0.182. The van der Waals surface area contributed by atoms with Crippen LogP contribution in [0.3, 0.4) is 0 Å². The zero-order valence-corrected chi connectivity index (χ0v) is 9.19. The van der Waals surface area contributed by atoms with Gasteiger partial charge in [0.15, 0.2) is 0 Å². The van der Waals surface area contributed by atoms with Crippen molar-refractivity contribution < 1.29 is 31.1 Å². The van der Waals surface area contributed by atoms with Crippen molar-refractivity contribution in [3.63, 3.8) is 0 Å². The van der Waals surface area contributed by atoms with Gasteiger partial charge in [0.1, 0.15) is 0 Å². The van der Waals surface area contributed by atoms with Crippen molar-refractivity contribution in [2.24, 2.45) is 0 Å². The van der Waals surface area contributed by atoms with Crippen LogP contribution in [-0.2, 0) is 11.0 Å². The van der Waals surface area contributed by atoms with Crippen LogP contribution in [0.1, 0.15) is 11.1 Å². The third-order valence-electron chi connectivity index (χ3n) is 2.08. The van der Waals surface area contributed by atoms with E-state index in [0.717, 1.165) is 12.1 Å². The second kappa shape index (κ2) is 4.94. The maximum absolute atomic E-state index is 12.2. The Morgan fingerprint density at radius 3 is 1.84 bits per heavy atom. The van der Waals surface area contributed by atoms with Gasteiger partial charge in [0, 0.05) is 5.70 Å². The number of benzene rings is 1. The summed E-state index contributed by atoms with van der Waals surface area (Å²) in [5.74, 6) is -2.24. The van der Waals surface area contributed by atoms with Gasteiger partial charge in [-0.05, 0) is 17.7 Å². The first-order chi connectivity index (χ1) is 8.51. The summed E-state index contributed by atoms with van der Waals surface area (Å²) in [7, 11) is 0. The van der Waals surface area contributed by atoms with Crippen molar-refractivity contribution in [2.75, 3.05) is 0 Å². The Morgan fingerprint density at radius 1 is 1.00 bits per heavy atom. The number of alkyl halides is 6. The number of amides is 1. The first kappa shape index (κ1) is 15.1. The van der Waals surface area contributed by atoms with Crippen molar-refractivity contribution in [3.05, 3.63) is 42.0 Å². The zero-order chi connectivity index (χ0) is 14.8. The fourth-order valence-corrected chi connectivity index (χ4v) is 1.14. The van der Waals surface area contributed by atoms with Crippen LogP contribution in [0.15, 0.2) is 30.8 Å². The van der Waals surface area contributed by atoms with E-state index in [2.05, 4.69) is 6.58 Å². The van der Waals surface area contributed by atoms with Crippen molar-refractivity contribution >= 4 is 11.6 Å². The molecule has 1 aromatic rings. The van der Waals surface area contributed by atoms with Crippen LogP contribution in [0, 0.1) is 0 Å². The smallest absolute Gasteiger partial charge is 0.318 e. The Labute approximate surface area is 103 Å². The van der Waals surface area contributed by atoms with E-state index in [4.69, 9.17) is 0 Å². The van der Waals surface area contributed by atoms with Crippen LogP contribution in [0.2, 0.25) is 0 Å². The van der Waals surface area contributed by atoms with Crippen LogP contribution in [0.4, 0.5) is 26.3 Å². The maximum atomic E-state index is 12.2. The molecule has 8 heteroatoms. The van der Waals surface area contributed by atoms with Crippen LogP contribution in [0.5, 0.6) is 0 Å². The molecule has 0 aromatic heterocycles. The second-order valence-corrected chi connectivity index (χ2v) is 3.51. The molecule has 0 saturated heterocycles. The molecule has 0 fully saturated rings. The first-order valence-electron chi connectivity index (χ1n) is 4.76.